The molecule has 0 bridgehead atoms. The van der Waals surface area contributed by atoms with Crippen molar-refractivity contribution in [2.45, 2.75) is 52.6 Å². The zero-order valence-corrected chi connectivity index (χ0v) is 13.7. The second kappa shape index (κ2) is 9.38. The van der Waals surface area contributed by atoms with Crippen molar-refractivity contribution in [3.63, 3.8) is 0 Å². The minimum atomic E-state index is 0.105. The van der Waals surface area contributed by atoms with E-state index in [2.05, 4.69) is 26.8 Å². The summed E-state index contributed by atoms with van der Waals surface area (Å²) < 4.78 is 6.08. The lowest BCUT2D eigenvalue weighted by Crippen LogP contribution is -2.20. The molecule has 0 aliphatic carbocycles. The maximum Gasteiger partial charge on any atom is 0.0856 e. The molecule has 2 N–H and O–H groups in total. The number of hydrogen-bond donors (Lipinski definition) is 1. The summed E-state index contributed by atoms with van der Waals surface area (Å²) in [5.41, 5.74) is 8.07. The van der Waals surface area contributed by atoms with E-state index < -0.39 is 0 Å². The molecule has 1 rings (SSSR count). The molecule has 0 heterocycles. The molecule has 0 aliphatic heterocycles. The van der Waals surface area contributed by atoms with Gasteiger partial charge in [0.1, 0.15) is 0 Å². The van der Waals surface area contributed by atoms with Gasteiger partial charge in [0, 0.05) is 11.6 Å². The molecular weight excluding hydrogens is 270 g/mol. The van der Waals surface area contributed by atoms with Crippen LogP contribution in [-0.4, -0.2) is 13.2 Å². The van der Waals surface area contributed by atoms with E-state index in [0.29, 0.717) is 19.1 Å². The van der Waals surface area contributed by atoms with Crippen LogP contribution in [0.5, 0.6) is 0 Å². The fraction of sp³-hybridized carbons (Fsp3) is 0.647. The van der Waals surface area contributed by atoms with Gasteiger partial charge in [0.15, 0.2) is 0 Å². The molecule has 0 amide bonds. The number of rotatable bonds is 9. The highest BCUT2D eigenvalue weighted by molar-refractivity contribution is 6.30. The van der Waals surface area contributed by atoms with Crippen molar-refractivity contribution in [3.05, 3.63) is 34.3 Å². The fourth-order valence-corrected chi connectivity index (χ4v) is 2.81. The molecule has 0 saturated carbocycles. The first-order chi connectivity index (χ1) is 9.63. The molecule has 0 radical (unpaired) electrons. The molecule has 2 atom stereocenters. The van der Waals surface area contributed by atoms with Crippen molar-refractivity contribution in [3.8, 4) is 0 Å². The molecule has 0 aromatic heterocycles. The number of hydrogen-bond acceptors (Lipinski definition) is 2. The number of halogens is 1. The second-order valence-corrected chi connectivity index (χ2v) is 5.83. The summed E-state index contributed by atoms with van der Waals surface area (Å²) in [6, 6.07) is 6.06. The largest absolute Gasteiger partial charge is 0.372 e. The van der Waals surface area contributed by atoms with Crippen LogP contribution in [0.25, 0.3) is 0 Å². The molecule has 0 saturated heterocycles. The van der Waals surface area contributed by atoms with E-state index in [1.165, 1.54) is 30.4 Å². The molecule has 0 fully saturated rings. The van der Waals surface area contributed by atoms with Crippen LogP contribution in [0.2, 0.25) is 5.02 Å². The molecule has 2 nitrogen and oxygen atoms in total. The minimum absolute atomic E-state index is 0.105. The molecule has 20 heavy (non-hydrogen) atoms. The predicted molar refractivity (Wildman–Crippen MR) is 87.2 cm³/mol. The van der Waals surface area contributed by atoms with Crippen molar-refractivity contribution < 1.29 is 4.74 Å². The lowest BCUT2D eigenvalue weighted by Gasteiger charge is -2.28. The van der Waals surface area contributed by atoms with Gasteiger partial charge in [-0.1, -0.05) is 50.8 Å². The van der Waals surface area contributed by atoms with Crippen molar-refractivity contribution in [1.82, 2.24) is 0 Å². The van der Waals surface area contributed by atoms with Crippen LogP contribution < -0.4 is 5.73 Å². The summed E-state index contributed by atoms with van der Waals surface area (Å²) in [5.74, 6) is 0.527. The van der Waals surface area contributed by atoms with Gasteiger partial charge < -0.3 is 10.5 Å². The van der Waals surface area contributed by atoms with Gasteiger partial charge in [-0.3, -0.25) is 0 Å². The zero-order chi connectivity index (χ0) is 15.0. The van der Waals surface area contributed by atoms with Gasteiger partial charge in [-0.2, -0.15) is 0 Å². The van der Waals surface area contributed by atoms with E-state index in [1.54, 1.807) is 0 Å². The van der Waals surface area contributed by atoms with Crippen LogP contribution in [0, 0.1) is 12.8 Å². The predicted octanol–water partition coefficient (Wildman–Crippen LogP) is 4.88. The third kappa shape index (κ3) is 5.08. The van der Waals surface area contributed by atoms with Gasteiger partial charge in [0.2, 0.25) is 0 Å². The highest BCUT2D eigenvalue weighted by Crippen LogP contribution is 2.35. The highest BCUT2D eigenvalue weighted by atomic mass is 35.5. The second-order valence-electron chi connectivity index (χ2n) is 5.39. The van der Waals surface area contributed by atoms with Crippen molar-refractivity contribution in [2.75, 3.05) is 13.2 Å². The Morgan fingerprint density at radius 3 is 2.65 bits per heavy atom. The lowest BCUT2D eigenvalue weighted by atomic mass is 9.87. The summed E-state index contributed by atoms with van der Waals surface area (Å²) >= 11 is 6.17. The number of nitrogens with two attached hydrogens (primary N) is 1. The molecule has 0 spiro atoms. The summed E-state index contributed by atoms with van der Waals surface area (Å²) in [5, 5.41) is 0.775. The quantitative estimate of drug-likeness (QED) is 0.705. The van der Waals surface area contributed by atoms with Crippen molar-refractivity contribution in [2.24, 2.45) is 11.7 Å². The molecule has 0 aliphatic rings. The third-order valence-corrected chi connectivity index (χ3v) is 4.08. The number of unbranched alkanes of at least 4 members (excludes halogenated alkanes) is 1. The standard InChI is InChI=1S/C17H28ClNO/c1-4-6-7-14(5-2)17(20-11-10-19)16-12-15(18)9-8-13(16)3/h8-9,12,14,17H,4-7,10-11,19H2,1-3H3/t14-,17+/m0/s1. The smallest absolute Gasteiger partial charge is 0.0856 e. The van der Waals surface area contributed by atoms with Gasteiger partial charge in [-0.15, -0.1) is 0 Å². The van der Waals surface area contributed by atoms with E-state index in [4.69, 9.17) is 22.1 Å². The van der Waals surface area contributed by atoms with Crippen LogP contribution in [0.15, 0.2) is 18.2 Å². The summed E-state index contributed by atoms with van der Waals surface area (Å²) in [4.78, 5) is 0. The van der Waals surface area contributed by atoms with Gasteiger partial charge in [-0.25, -0.2) is 0 Å². The Labute approximate surface area is 128 Å². The highest BCUT2D eigenvalue weighted by Gasteiger charge is 2.23. The Morgan fingerprint density at radius 2 is 2.05 bits per heavy atom. The Morgan fingerprint density at radius 1 is 1.30 bits per heavy atom. The monoisotopic (exact) mass is 297 g/mol. The average Bonchev–Trinajstić information content (AvgIpc) is 2.45. The first-order valence-corrected chi connectivity index (χ1v) is 8.09. The van der Waals surface area contributed by atoms with E-state index in [1.807, 2.05) is 12.1 Å². The molecule has 1 aromatic carbocycles. The zero-order valence-electron chi connectivity index (χ0n) is 13.0. The van der Waals surface area contributed by atoms with Crippen LogP contribution >= 0.6 is 11.6 Å². The van der Waals surface area contributed by atoms with E-state index in [9.17, 15) is 0 Å². The maximum atomic E-state index is 6.17. The Kier molecular flexibility index (Phi) is 8.20. The Balaban J connectivity index is 2.99. The Hall–Kier alpha value is -0.570. The fourth-order valence-electron chi connectivity index (χ4n) is 2.63. The summed E-state index contributed by atoms with van der Waals surface area (Å²) in [6.07, 6.45) is 4.86. The lowest BCUT2D eigenvalue weighted by molar-refractivity contribution is 0.00961. The molecular formula is C17H28ClNO. The summed E-state index contributed by atoms with van der Waals surface area (Å²) in [6.45, 7) is 7.74. The molecule has 114 valence electrons. The van der Waals surface area contributed by atoms with Crippen LogP contribution in [-0.2, 0) is 4.74 Å². The van der Waals surface area contributed by atoms with Gasteiger partial charge in [0.05, 0.1) is 12.7 Å². The number of aryl methyl sites for hydroxylation is 1. The number of ether oxygens (including phenoxy) is 1. The maximum absolute atomic E-state index is 6.17. The SMILES string of the molecule is CCCC[C@H](CC)[C@@H](OCCN)c1cc(Cl)ccc1C. The topological polar surface area (TPSA) is 35.2 Å². The van der Waals surface area contributed by atoms with Crippen LogP contribution in [0.1, 0.15) is 56.8 Å². The molecule has 0 unspecified atom stereocenters. The first kappa shape index (κ1) is 17.5. The van der Waals surface area contributed by atoms with Crippen LogP contribution in [0.4, 0.5) is 0 Å². The summed E-state index contributed by atoms with van der Waals surface area (Å²) in [7, 11) is 0. The van der Waals surface area contributed by atoms with Gasteiger partial charge in [0.25, 0.3) is 0 Å². The Bertz CT molecular complexity index is 395. The molecule has 1 aromatic rings. The number of benzene rings is 1. The van der Waals surface area contributed by atoms with Crippen molar-refractivity contribution in [1.29, 1.82) is 0 Å². The van der Waals surface area contributed by atoms with E-state index in [-0.39, 0.29) is 6.10 Å². The van der Waals surface area contributed by atoms with Crippen LogP contribution in [0.3, 0.4) is 0 Å². The first-order valence-electron chi connectivity index (χ1n) is 7.71. The minimum Gasteiger partial charge on any atom is -0.372 e. The van der Waals surface area contributed by atoms with E-state index in [0.717, 1.165) is 11.4 Å². The molecule has 3 heteroatoms. The van der Waals surface area contributed by atoms with E-state index >= 15 is 0 Å². The van der Waals surface area contributed by atoms with Gasteiger partial charge in [-0.05, 0) is 42.5 Å². The third-order valence-electron chi connectivity index (χ3n) is 3.84. The average molecular weight is 298 g/mol. The van der Waals surface area contributed by atoms with Crippen molar-refractivity contribution >= 4 is 11.6 Å². The van der Waals surface area contributed by atoms with Gasteiger partial charge >= 0.3 is 0 Å². The normalized spacial score (nSPS) is 14.2.